The second kappa shape index (κ2) is 4.44. The van der Waals surface area contributed by atoms with E-state index < -0.39 is 0 Å². The van der Waals surface area contributed by atoms with Crippen LogP contribution in [-0.2, 0) is 0 Å². The molecule has 18 heavy (non-hydrogen) atoms. The van der Waals surface area contributed by atoms with Crippen molar-refractivity contribution in [1.29, 1.82) is 0 Å². The van der Waals surface area contributed by atoms with Crippen LogP contribution in [0.15, 0.2) is 36.4 Å². The Morgan fingerprint density at radius 2 is 1.72 bits per heavy atom. The molecule has 94 valence electrons. The molecule has 2 aliphatic rings. The van der Waals surface area contributed by atoms with Gasteiger partial charge in [-0.3, -0.25) is 10.1 Å². The number of fused-ring (bicyclic) bond motifs is 1. The zero-order chi connectivity index (χ0) is 12.5. The molecule has 0 N–H and O–H groups in total. The number of anilines is 1. The molecule has 1 aliphatic carbocycles. The minimum absolute atomic E-state index is 0.226. The van der Waals surface area contributed by atoms with E-state index in [2.05, 4.69) is 17.1 Å². The summed E-state index contributed by atoms with van der Waals surface area (Å²) in [6, 6.07) is 7.06. The van der Waals surface area contributed by atoms with E-state index in [1.165, 1.54) is 0 Å². The second-order valence-electron chi connectivity index (χ2n) is 5.11. The number of nitrogens with zero attached hydrogens (tertiary/aromatic N) is 2. The van der Waals surface area contributed by atoms with Gasteiger partial charge in [-0.1, -0.05) is 24.3 Å². The topological polar surface area (TPSA) is 46.4 Å². The molecule has 3 rings (SSSR count). The van der Waals surface area contributed by atoms with Crippen LogP contribution in [0.3, 0.4) is 0 Å². The normalized spacial score (nSPS) is 26.1. The lowest BCUT2D eigenvalue weighted by atomic mass is 9.86. The summed E-state index contributed by atoms with van der Waals surface area (Å²) in [5.41, 5.74) is 1.00. The lowest BCUT2D eigenvalue weighted by Gasteiger charge is -2.18. The van der Waals surface area contributed by atoms with Crippen molar-refractivity contribution in [2.45, 2.75) is 12.8 Å². The minimum atomic E-state index is -0.282. The third-order valence-corrected chi connectivity index (χ3v) is 4.04. The van der Waals surface area contributed by atoms with Gasteiger partial charge in [0.1, 0.15) is 5.69 Å². The third-order valence-electron chi connectivity index (χ3n) is 4.04. The number of hydrogen-bond donors (Lipinski definition) is 0. The molecule has 0 amide bonds. The van der Waals surface area contributed by atoms with Gasteiger partial charge in [-0.25, -0.2) is 0 Å². The highest BCUT2D eigenvalue weighted by Gasteiger charge is 2.34. The van der Waals surface area contributed by atoms with Crippen molar-refractivity contribution in [3.05, 3.63) is 46.5 Å². The smallest absolute Gasteiger partial charge is 0.292 e. The Labute approximate surface area is 106 Å². The largest absolute Gasteiger partial charge is 0.365 e. The predicted octanol–water partition coefficient (Wildman–Crippen LogP) is 3.00. The Balaban J connectivity index is 1.87. The zero-order valence-corrected chi connectivity index (χ0v) is 10.2. The molecule has 4 heteroatoms. The van der Waals surface area contributed by atoms with E-state index in [1.807, 2.05) is 12.1 Å². The molecule has 0 saturated carbocycles. The number of rotatable bonds is 2. The lowest BCUT2D eigenvalue weighted by Crippen LogP contribution is -2.20. The lowest BCUT2D eigenvalue weighted by molar-refractivity contribution is -0.384. The van der Waals surface area contributed by atoms with E-state index in [1.54, 1.807) is 12.1 Å². The van der Waals surface area contributed by atoms with Crippen molar-refractivity contribution in [3.8, 4) is 0 Å². The number of benzene rings is 1. The Hall–Kier alpha value is -1.84. The van der Waals surface area contributed by atoms with Crippen LogP contribution in [-0.4, -0.2) is 18.0 Å². The van der Waals surface area contributed by atoms with Crippen LogP contribution in [0, 0.1) is 22.0 Å². The Bertz CT molecular complexity index is 482. The average molecular weight is 244 g/mol. The summed E-state index contributed by atoms with van der Waals surface area (Å²) in [4.78, 5) is 13.0. The fourth-order valence-electron chi connectivity index (χ4n) is 3.10. The van der Waals surface area contributed by atoms with Crippen LogP contribution in [0.4, 0.5) is 11.4 Å². The third kappa shape index (κ3) is 1.88. The first-order valence-corrected chi connectivity index (χ1v) is 6.39. The highest BCUT2D eigenvalue weighted by Crippen LogP contribution is 2.38. The van der Waals surface area contributed by atoms with E-state index in [0.29, 0.717) is 11.8 Å². The Morgan fingerprint density at radius 1 is 1.11 bits per heavy atom. The molecule has 1 aliphatic heterocycles. The van der Waals surface area contributed by atoms with Crippen molar-refractivity contribution in [2.75, 3.05) is 18.0 Å². The van der Waals surface area contributed by atoms with Gasteiger partial charge < -0.3 is 4.90 Å². The van der Waals surface area contributed by atoms with Gasteiger partial charge in [-0.2, -0.15) is 0 Å². The molecule has 2 unspecified atom stereocenters. The molecule has 1 saturated heterocycles. The predicted molar refractivity (Wildman–Crippen MR) is 70.7 cm³/mol. The summed E-state index contributed by atoms with van der Waals surface area (Å²) >= 11 is 0. The van der Waals surface area contributed by atoms with E-state index in [4.69, 9.17) is 0 Å². The first-order chi connectivity index (χ1) is 8.75. The molecular weight excluding hydrogens is 228 g/mol. The van der Waals surface area contributed by atoms with Crippen molar-refractivity contribution in [3.63, 3.8) is 0 Å². The highest BCUT2D eigenvalue weighted by atomic mass is 16.6. The van der Waals surface area contributed by atoms with Crippen LogP contribution in [0.5, 0.6) is 0 Å². The Kier molecular flexibility index (Phi) is 2.78. The highest BCUT2D eigenvalue weighted by molar-refractivity contribution is 5.63. The SMILES string of the molecule is O=[N+]([O-])c1ccccc1N1CC2CC=CCC2C1. The van der Waals surface area contributed by atoms with Gasteiger partial charge in [0.05, 0.1) is 4.92 Å². The number of nitro benzene ring substituents is 1. The number of allylic oxidation sites excluding steroid dienone is 2. The van der Waals surface area contributed by atoms with Gasteiger partial charge in [-0.05, 0) is 30.7 Å². The molecule has 1 fully saturated rings. The maximum Gasteiger partial charge on any atom is 0.292 e. The fraction of sp³-hybridized carbons (Fsp3) is 0.429. The maximum atomic E-state index is 11.1. The number of nitro groups is 1. The van der Waals surface area contributed by atoms with Crippen LogP contribution < -0.4 is 4.90 Å². The van der Waals surface area contributed by atoms with Gasteiger partial charge >= 0.3 is 0 Å². The summed E-state index contributed by atoms with van der Waals surface area (Å²) in [7, 11) is 0. The maximum absolute atomic E-state index is 11.1. The van der Waals surface area contributed by atoms with Gasteiger partial charge in [0, 0.05) is 19.2 Å². The first kappa shape index (κ1) is 11.3. The van der Waals surface area contributed by atoms with Gasteiger partial charge in [-0.15, -0.1) is 0 Å². The van der Waals surface area contributed by atoms with Gasteiger partial charge in [0.25, 0.3) is 5.69 Å². The summed E-state index contributed by atoms with van der Waals surface area (Å²) < 4.78 is 0. The molecule has 1 heterocycles. The van der Waals surface area contributed by atoms with E-state index in [-0.39, 0.29) is 10.6 Å². The molecule has 0 bridgehead atoms. The zero-order valence-electron chi connectivity index (χ0n) is 10.2. The van der Waals surface area contributed by atoms with Crippen LogP contribution in [0.25, 0.3) is 0 Å². The van der Waals surface area contributed by atoms with Gasteiger partial charge in [0.15, 0.2) is 0 Å². The summed E-state index contributed by atoms with van der Waals surface area (Å²) in [5.74, 6) is 1.32. The van der Waals surface area contributed by atoms with Crippen molar-refractivity contribution in [1.82, 2.24) is 0 Å². The van der Waals surface area contributed by atoms with E-state index in [0.717, 1.165) is 31.6 Å². The molecule has 0 aromatic heterocycles. The summed E-state index contributed by atoms with van der Waals surface area (Å²) in [5, 5.41) is 11.1. The average Bonchev–Trinajstić information content (AvgIpc) is 2.82. The molecule has 2 atom stereocenters. The quantitative estimate of drug-likeness (QED) is 0.456. The summed E-state index contributed by atoms with van der Waals surface area (Å²) in [6.45, 7) is 1.89. The fourth-order valence-corrected chi connectivity index (χ4v) is 3.10. The van der Waals surface area contributed by atoms with E-state index >= 15 is 0 Å². The van der Waals surface area contributed by atoms with E-state index in [9.17, 15) is 10.1 Å². The molecule has 1 aromatic carbocycles. The molecule has 4 nitrogen and oxygen atoms in total. The van der Waals surface area contributed by atoms with Crippen LogP contribution in [0.1, 0.15) is 12.8 Å². The van der Waals surface area contributed by atoms with Crippen molar-refractivity contribution in [2.24, 2.45) is 11.8 Å². The molecule has 0 spiro atoms. The van der Waals surface area contributed by atoms with Crippen LogP contribution >= 0.6 is 0 Å². The molecule has 0 radical (unpaired) electrons. The number of para-hydroxylation sites is 2. The number of hydrogen-bond acceptors (Lipinski definition) is 3. The van der Waals surface area contributed by atoms with Gasteiger partial charge in [0.2, 0.25) is 0 Å². The summed E-state index contributed by atoms with van der Waals surface area (Å²) in [6.07, 6.45) is 6.71. The van der Waals surface area contributed by atoms with Crippen molar-refractivity contribution >= 4 is 11.4 Å². The second-order valence-corrected chi connectivity index (χ2v) is 5.11. The first-order valence-electron chi connectivity index (χ1n) is 6.39. The Morgan fingerprint density at radius 3 is 2.33 bits per heavy atom. The minimum Gasteiger partial charge on any atom is -0.365 e. The van der Waals surface area contributed by atoms with Crippen molar-refractivity contribution < 1.29 is 4.92 Å². The molecular formula is C14H16N2O2. The van der Waals surface area contributed by atoms with Crippen LogP contribution in [0.2, 0.25) is 0 Å². The standard InChI is InChI=1S/C14H16N2O2/c17-16(18)14-8-4-3-7-13(14)15-9-11-5-1-2-6-12(11)10-15/h1-4,7-8,11-12H,5-6,9-10H2. The molecule has 1 aromatic rings. The monoisotopic (exact) mass is 244 g/mol.